The van der Waals surface area contributed by atoms with Crippen LogP contribution in [0.5, 0.6) is 0 Å². The first-order valence-corrected chi connectivity index (χ1v) is 7.59. The lowest BCUT2D eigenvalue weighted by Gasteiger charge is -2.15. The van der Waals surface area contributed by atoms with E-state index in [1.165, 1.54) is 0 Å². The highest BCUT2D eigenvalue weighted by molar-refractivity contribution is 5.94. The predicted molar refractivity (Wildman–Crippen MR) is 83.4 cm³/mol. The second kappa shape index (κ2) is 9.16. The Kier molecular flexibility index (Phi) is 7.51. The predicted octanol–water partition coefficient (Wildman–Crippen LogP) is 3.40. The summed E-state index contributed by atoms with van der Waals surface area (Å²) in [4.78, 5) is 22.6. The van der Waals surface area contributed by atoms with Crippen molar-refractivity contribution in [2.24, 2.45) is 5.92 Å². The summed E-state index contributed by atoms with van der Waals surface area (Å²) in [7, 11) is 0. The van der Waals surface area contributed by atoms with Crippen LogP contribution in [-0.4, -0.2) is 23.5 Å². The molecule has 1 aromatic carbocycles. The summed E-state index contributed by atoms with van der Waals surface area (Å²) < 4.78 is 0. The van der Waals surface area contributed by atoms with E-state index in [1.807, 2.05) is 25.1 Å². The molecule has 0 saturated carbocycles. The van der Waals surface area contributed by atoms with Crippen LogP contribution in [0, 0.1) is 12.8 Å². The molecular formula is C17H25NO3. The molecule has 0 aliphatic rings. The second-order valence-corrected chi connectivity index (χ2v) is 5.50. The van der Waals surface area contributed by atoms with Crippen LogP contribution in [0.25, 0.3) is 0 Å². The average molecular weight is 291 g/mol. The Balaban J connectivity index is 2.38. The molecule has 2 N–H and O–H groups in total. The molecule has 1 amide bonds. The maximum Gasteiger partial charge on any atom is 0.303 e. The lowest BCUT2D eigenvalue weighted by atomic mass is 9.94. The van der Waals surface area contributed by atoms with Gasteiger partial charge in [0.1, 0.15) is 0 Å². The number of carboxylic acids is 1. The van der Waals surface area contributed by atoms with E-state index in [1.54, 1.807) is 6.07 Å². The number of nitrogens with one attached hydrogen (secondary N) is 1. The molecular weight excluding hydrogens is 266 g/mol. The number of amides is 1. The summed E-state index contributed by atoms with van der Waals surface area (Å²) >= 11 is 0. The Labute approximate surface area is 126 Å². The lowest BCUT2D eigenvalue weighted by Crippen LogP contribution is -2.26. The maximum atomic E-state index is 12.0. The number of hydrogen-bond acceptors (Lipinski definition) is 2. The average Bonchev–Trinajstić information content (AvgIpc) is 2.44. The number of carbonyl (C=O) groups is 2. The Morgan fingerprint density at radius 2 is 2.00 bits per heavy atom. The highest BCUT2D eigenvalue weighted by atomic mass is 16.4. The molecule has 4 heteroatoms. The molecule has 116 valence electrons. The van der Waals surface area contributed by atoms with Crippen LogP contribution in [0.15, 0.2) is 24.3 Å². The Bertz CT molecular complexity index is 471. The van der Waals surface area contributed by atoms with Gasteiger partial charge in [0.2, 0.25) is 0 Å². The molecule has 21 heavy (non-hydrogen) atoms. The zero-order valence-corrected chi connectivity index (χ0v) is 12.9. The van der Waals surface area contributed by atoms with Gasteiger partial charge in [0, 0.05) is 18.5 Å². The van der Waals surface area contributed by atoms with Gasteiger partial charge in [-0.2, -0.15) is 0 Å². The maximum absolute atomic E-state index is 12.0. The summed E-state index contributed by atoms with van der Waals surface area (Å²) in [5.41, 5.74) is 1.74. The number of aryl methyl sites for hydroxylation is 1. The van der Waals surface area contributed by atoms with Gasteiger partial charge in [-0.1, -0.05) is 37.5 Å². The fourth-order valence-electron chi connectivity index (χ4n) is 2.45. The number of aliphatic carboxylic acids is 1. The van der Waals surface area contributed by atoms with Crippen molar-refractivity contribution in [3.63, 3.8) is 0 Å². The molecule has 0 radical (unpaired) electrons. The van der Waals surface area contributed by atoms with E-state index in [0.29, 0.717) is 24.4 Å². The topological polar surface area (TPSA) is 66.4 Å². The molecule has 0 aliphatic carbocycles. The van der Waals surface area contributed by atoms with Gasteiger partial charge in [-0.25, -0.2) is 0 Å². The highest BCUT2D eigenvalue weighted by Gasteiger charge is 2.11. The molecule has 0 aromatic heterocycles. The first-order chi connectivity index (χ1) is 10.0. The minimum atomic E-state index is -0.750. The van der Waals surface area contributed by atoms with Crippen molar-refractivity contribution in [1.82, 2.24) is 5.32 Å². The number of benzene rings is 1. The minimum absolute atomic E-state index is 0.0628. The number of hydrogen-bond donors (Lipinski definition) is 2. The molecule has 0 aliphatic heterocycles. The summed E-state index contributed by atoms with van der Waals surface area (Å²) in [5, 5.41) is 11.7. The van der Waals surface area contributed by atoms with E-state index < -0.39 is 5.97 Å². The van der Waals surface area contributed by atoms with Crippen LogP contribution in [0.3, 0.4) is 0 Å². The molecule has 4 nitrogen and oxygen atoms in total. The molecule has 0 heterocycles. The third-order valence-corrected chi connectivity index (χ3v) is 3.58. The van der Waals surface area contributed by atoms with Crippen LogP contribution in [0.1, 0.15) is 54.9 Å². The smallest absolute Gasteiger partial charge is 0.303 e. The van der Waals surface area contributed by atoms with Crippen molar-refractivity contribution in [1.29, 1.82) is 0 Å². The normalized spacial score (nSPS) is 11.9. The van der Waals surface area contributed by atoms with Gasteiger partial charge in [0.05, 0.1) is 0 Å². The number of rotatable bonds is 9. The Morgan fingerprint density at radius 1 is 1.24 bits per heavy atom. The van der Waals surface area contributed by atoms with E-state index >= 15 is 0 Å². The zero-order valence-electron chi connectivity index (χ0n) is 12.9. The van der Waals surface area contributed by atoms with Crippen molar-refractivity contribution < 1.29 is 14.7 Å². The van der Waals surface area contributed by atoms with Crippen molar-refractivity contribution in [3.05, 3.63) is 35.4 Å². The Hall–Kier alpha value is -1.84. The van der Waals surface area contributed by atoms with Gasteiger partial charge in [-0.05, 0) is 37.8 Å². The molecule has 0 bridgehead atoms. The zero-order chi connectivity index (χ0) is 15.7. The molecule has 0 spiro atoms. The van der Waals surface area contributed by atoms with E-state index in [2.05, 4.69) is 12.2 Å². The first-order valence-electron chi connectivity index (χ1n) is 7.59. The van der Waals surface area contributed by atoms with Crippen LogP contribution in [0.2, 0.25) is 0 Å². The lowest BCUT2D eigenvalue weighted by molar-refractivity contribution is -0.137. The van der Waals surface area contributed by atoms with Crippen LogP contribution < -0.4 is 5.32 Å². The molecule has 1 aromatic rings. The van der Waals surface area contributed by atoms with Crippen molar-refractivity contribution in [2.45, 2.75) is 46.0 Å². The standard InChI is InChI=1S/C17H25NO3/c1-3-5-14(8-9-16(19)20)10-11-18-17(21)15-7-4-6-13(2)12-15/h4,6-7,12,14H,3,5,8-11H2,1-2H3,(H,18,21)(H,19,20). The van der Waals surface area contributed by atoms with Gasteiger partial charge in [0.25, 0.3) is 5.91 Å². The van der Waals surface area contributed by atoms with Gasteiger partial charge in [0.15, 0.2) is 0 Å². The molecule has 1 unspecified atom stereocenters. The fourth-order valence-corrected chi connectivity index (χ4v) is 2.45. The molecule has 0 fully saturated rings. The monoisotopic (exact) mass is 291 g/mol. The van der Waals surface area contributed by atoms with Gasteiger partial charge in [-0.15, -0.1) is 0 Å². The van der Waals surface area contributed by atoms with Crippen molar-refractivity contribution >= 4 is 11.9 Å². The Morgan fingerprint density at radius 3 is 2.62 bits per heavy atom. The summed E-state index contributed by atoms with van der Waals surface area (Å²) in [6, 6.07) is 7.50. The fraction of sp³-hybridized carbons (Fsp3) is 0.529. The van der Waals surface area contributed by atoms with E-state index in [0.717, 1.165) is 24.8 Å². The molecule has 1 atom stereocenters. The summed E-state index contributed by atoms with van der Waals surface area (Å²) in [6.07, 6.45) is 3.77. The van der Waals surface area contributed by atoms with Crippen molar-refractivity contribution in [2.75, 3.05) is 6.54 Å². The highest BCUT2D eigenvalue weighted by Crippen LogP contribution is 2.17. The summed E-state index contributed by atoms with van der Waals surface area (Å²) in [5.74, 6) is -0.448. The van der Waals surface area contributed by atoms with Crippen LogP contribution >= 0.6 is 0 Å². The minimum Gasteiger partial charge on any atom is -0.481 e. The van der Waals surface area contributed by atoms with Gasteiger partial charge in [-0.3, -0.25) is 9.59 Å². The van der Waals surface area contributed by atoms with Gasteiger partial charge < -0.3 is 10.4 Å². The third kappa shape index (κ3) is 6.93. The number of carbonyl (C=O) groups excluding carboxylic acids is 1. The first kappa shape index (κ1) is 17.2. The van der Waals surface area contributed by atoms with E-state index in [4.69, 9.17) is 5.11 Å². The largest absolute Gasteiger partial charge is 0.481 e. The third-order valence-electron chi connectivity index (χ3n) is 3.58. The SMILES string of the molecule is CCCC(CCNC(=O)c1cccc(C)c1)CCC(=O)O. The number of carboxylic acid groups (broad SMARTS) is 1. The summed E-state index contributed by atoms with van der Waals surface area (Å²) in [6.45, 7) is 4.65. The quantitative estimate of drug-likeness (QED) is 0.733. The van der Waals surface area contributed by atoms with Crippen LogP contribution in [0.4, 0.5) is 0 Å². The van der Waals surface area contributed by atoms with Gasteiger partial charge >= 0.3 is 5.97 Å². The van der Waals surface area contributed by atoms with E-state index in [9.17, 15) is 9.59 Å². The van der Waals surface area contributed by atoms with Crippen LogP contribution in [-0.2, 0) is 4.79 Å². The second-order valence-electron chi connectivity index (χ2n) is 5.50. The molecule has 0 saturated heterocycles. The van der Waals surface area contributed by atoms with E-state index in [-0.39, 0.29) is 12.3 Å². The van der Waals surface area contributed by atoms with Crippen molar-refractivity contribution in [3.8, 4) is 0 Å². The molecule has 1 rings (SSSR count).